The highest BCUT2D eigenvalue weighted by atomic mass is 79.9. The predicted molar refractivity (Wildman–Crippen MR) is 77.5 cm³/mol. The highest BCUT2D eigenvalue weighted by molar-refractivity contribution is 9.10. The van der Waals surface area contributed by atoms with Gasteiger partial charge in [-0.1, -0.05) is 22.0 Å². The van der Waals surface area contributed by atoms with Crippen LogP contribution in [0.25, 0.3) is 0 Å². The van der Waals surface area contributed by atoms with E-state index in [1.165, 1.54) is 4.90 Å². The van der Waals surface area contributed by atoms with E-state index in [1.54, 1.807) is 11.8 Å². The van der Waals surface area contributed by atoms with Gasteiger partial charge in [0.05, 0.1) is 5.69 Å². The number of hydrogen-bond acceptors (Lipinski definition) is 3. The Balaban J connectivity index is 1.99. The third-order valence-electron chi connectivity index (χ3n) is 2.26. The highest BCUT2D eigenvalue weighted by Crippen LogP contribution is 2.24. The molecule has 2 rings (SSSR count). The van der Waals surface area contributed by atoms with Crippen molar-refractivity contribution in [2.75, 3.05) is 12.4 Å². The van der Waals surface area contributed by atoms with E-state index in [9.17, 15) is 0 Å². The summed E-state index contributed by atoms with van der Waals surface area (Å²) in [6.45, 7) is 0. The minimum Gasteiger partial charge on any atom is -0.373 e. The lowest BCUT2D eigenvalue weighted by Crippen LogP contribution is -1.94. The van der Waals surface area contributed by atoms with Crippen LogP contribution in [0.5, 0.6) is 0 Å². The van der Waals surface area contributed by atoms with E-state index >= 15 is 0 Å². The first-order valence-corrected chi connectivity index (χ1v) is 7.08. The first-order valence-electron chi connectivity index (χ1n) is 5.30. The number of thioether (sulfide) groups is 1. The lowest BCUT2D eigenvalue weighted by molar-refractivity contribution is 1.16. The van der Waals surface area contributed by atoms with Gasteiger partial charge < -0.3 is 5.32 Å². The second-order valence-electron chi connectivity index (χ2n) is 3.51. The van der Waals surface area contributed by atoms with Crippen molar-refractivity contribution < 1.29 is 0 Å². The van der Waals surface area contributed by atoms with E-state index in [2.05, 4.69) is 50.5 Å². The Morgan fingerprint density at radius 3 is 2.65 bits per heavy atom. The van der Waals surface area contributed by atoms with Gasteiger partial charge in [0.25, 0.3) is 0 Å². The van der Waals surface area contributed by atoms with Crippen molar-refractivity contribution in [1.82, 2.24) is 4.98 Å². The van der Waals surface area contributed by atoms with E-state index in [1.807, 2.05) is 25.2 Å². The van der Waals surface area contributed by atoms with Crippen LogP contribution in [0.15, 0.2) is 51.8 Å². The normalized spacial score (nSPS) is 10.2. The highest BCUT2D eigenvalue weighted by Gasteiger charge is 1.99. The van der Waals surface area contributed by atoms with Gasteiger partial charge in [-0.25, -0.2) is 4.98 Å². The average Bonchev–Trinajstić information content (AvgIpc) is 2.38. The molecule has 2 nitrogen and oxygen atoms in total. The number of pyridine rings is 1. The summed E-state index contributed by atoms with van der Waals surface area (Å²) < 4.78 is 1.11. The zero-order chi connectivity index (χ0) is 12.1. The van der Waals surface area contributed by atoms with Gasteiger partial charge in [0, 0.05) is 22.2 Å². The first-order chi connectivity index (χ1) is 8.28. The Kier molecular flexibility index (Phi) is 4.45. The van der Waals surface area contributed by atoms with Crippen molar-refractivity contribution in [1.29, 1.82) is 0 Å². The molecule has 0 aliphatic heterocycles. The second-order valence-corrected chi connectivity index (χ2v) is 5.47. The summed E-state index contributed by atoms with van der Waals surface area (Å²) in [7, 11) is 1.88. The van der Waals surface area contributed by atoms with Gasteiger partial charge in [-0.2, -0.15) is 0 Å². The predicted octanol–water partition coefficient (Wildman–Crippen LogP) is 4.18. The standard InChI is InChI=1S/C13H13BrN2S/c1-15-13-4-2-3-11(16-13)9-17-12-7-5-10(14)6-8-12/h2-8H,9H2,1H3,(H,15,16). The van der Waals surface area contributed by atoms with E-state index in [4.69, 9.17) is 0 Å². The van der Waals surface area contributed by atoms with E-state index in [0.717, 1.165) is 21.7 Å². The van der Waals surface area contributed by atoms with Crippen LogP contribution >= 0.6 is 27.7 Å². The minimum absolute atomic E-state index is 0.886. The molecule has 0 aliphatic carbocycles. The third-order valence-corrected chi connectivity index (χ3v) is 3.84. The molecule has 0 fully saturated rings. The summed E-state index contributed by atoms with van der Waals surface area (Å²) in [6, 6.07) is 14.4. The Labute approximate surface area is 114 Å². The van der Waals surface area contributed by atoms with Gasteiger partial charge in [-0.05, 0) is 36.4 Å². The lowest BCUT2D eigenvalue weighted by Gasteiger charge is -2.04. The van der Waals surface area contributed by atoms with Crippen LogP contribution in [0.3, 0.4) is 0 Å². The maximum Gasteiger partial charge on any atom is 0.125 e. The zero-order valence-corrected chi connectivity index (χ0v) is 11.9. The molecule has 0 bridgehead atoms. The van der Waals surface area contributed by atoms with Crippen LogP contribution in [0, 0.1) is 0 Å². The van der Waals surface area contributed by atoms with Crippen LogP contribution in [-0.4, -0.2) is 12.0 Å². The maximum absolute atomic E-state index is 4.48. The fourth-order valence-electron chi connectivity index (χ4n) is 1.39. The molecule has 4 heteroatoms. The molecule has 0 aliphatic rings. The molecule has 0 saturated heterocycles. The summed E-state index contributed by atoms with van der Waals surface area (Å²) in [5, 5.41) is 3.05. The molecule has 2 aromatic rings. The number of benzene rings is 1. The van der Waals surface area contributed by atoms with Gasteiger partial charge in [-0.15, -0.1) is 11.8 Å². The number of aromatic nitrogens is 1. The maximum atomic E-state index is 4.48. The van der Waals surface area contributed by atoms with Crippen molar-refractivity contribution in [3.63, 3.8) is 0 Å². The number of halogens is 1. The molecule has 1 aromatic heterocycles. The molecule has 1 aromatic carbocycles. The molecule has 0 amide bonds. The Morgan fingerprint density at radius 1 is 1.18 bits per heavy atom. The number of nitrogens with one attached hydrogen (secondary N) is 1. The molecule has 0 radical (unpaired) electrons. The molecular formula is C13H13BrN2S. The van der Waals surface area contributed by atoms with Crippen LogP contribution in [0.4, 0.5) is 5.82 Å². The summed E-state index contributed by atoms with van der Waals surface area (Å²) in [6.07, 6.45) is 0. The summed E-state index contributed by atoms with van der Waals surface area (Å²) in [5.74, 6) is 1.80. The number of hydrogen-bond donors (Lipinski definition) is 1. The average molecular weight is 309 g/mol. The molecule has 0 spiro atoms. The Bertz CT molecular complexity index is 485. The first kappa shape index (κ1) is 12.5. The quantitative estimate of drug-likeness (QED) is 0.858. The fraction of sp³-hybridized carbons (Fsp3) is 0.154. The summed E-state index contributed by atoms with van der Waals surface area (Å²) in [4.78, 5) is 5.74. The number of anilines is 1. The van der Waals surface area contributed by atoms with Crippen LogP contribution in [-0.2, 0) is 5.75 Å². The Morgan fingerprint density at radius 2 is 1.94 bits per heavy atom. The van der Waals surface area contributed by atoms with Gasteiger partial charge in [0.1, 0.15) is 5.82 Å². The Hall–Kier alpha value is -1.00. The fourth-order valence-corrected chi connectivity index (χ4v) is 2.46. The number of rotatable bonds is 4. The molecule has 0 saturated carbocycles. The van der Waals surface area contributed by atoms with Crippen molar-refractivity contribution in [2.45, 2.75) is 10.6 Å². The van der Waals surface area contributed by atoms with E-state index in [0.29, 0.717) is 0 Å². The monoisotopic (exact) mass is 308 g/mol. The lowest BCUT2D eigenvalue weighted by atomic mass is 10.4. The summed E-state index contributed by atoms with van der Waals surface area (Å²) >= 11 is 5.22. The van der Waals surface area contributed by atoms with Crippen LogP contribution in [0.1, 0.15) is 5.69 Å². The molecule has 1 heterocycles. The van der Waals surface area contributed by atoms with Gasteiger partial charge in [0.15, 0.2) is 0 Å². The molecule has 88 valence electrons. The second kappa shape index (κ2) is 6.07. The van der Waals surface area contributed by atoms with Crippen molar-refractivity contribution in [3.05, 3.63) is 52.6 Å². The molecule has 1 N–H and O–H groups in total. The third kappa shape index (κ3) is 3.75. The van der Waals surface area contributed by atoms with Crippen molar-refractivity contribution in [2.24, 2.45) is 0 Å². The topological polar surface area (TPSA) is 24.9 Å². The molecule has 17 heavy (non-hydrogen) atoms. The smallest absolute Gasteiger partial charge is 0.125 e. The van der Waals surface area contributed by atoms with Crippen LogP contribution < -0.4 is 5.32 Å². The summed E-state index contributed by atoms with van der Waals surface area (Å²) in [5.41, 5.74) is 1.09. The molecule has 0 unspecified atom stereocenters. The SMILES string of the molecule is CNc1cccc(CSc2ccc(Br)cc2)n1. The van der Waals surface area contributed by atoms with Crippen molar-refractivity contribution >= 4 is 33.5 Å². The minimum atomic E-state index is 0.886. The number of nitrogens with zero attached hydrogens (tertiary/aromatic N) is 1. The largest absolute Gasteiger partial charge is 0.373 e. The van der Waals surface area contributed by atoms with E-state index < -0.39 is 0 Å². The molecular weight excluding hydrogens is 296 g/mol. The zero-order valence-electron chi connectivity index (χ0n) is 9.48. The molecule has 0 atom stereocenters. The van der Waals surface area contributed by atoms with E-state index in [-0.39, 0.29) is 0 Å². The van der Waals surface area contributed by atoms with Gasteiger partial charge >= 0.3 is 0 Å². The van der Waals surface area contributed by atoms with Gasteiger partial charge in [0.2, 0.25) is 0 Å². The van der Waals surface area contributed by atoms with Crippen LogP contribution in [0.2, 0.25) is 0 Å². The van der Waals surface area contributed by atoms with Crippen molar-refractivity contribution in [3.8, 4) is 0 Å². The van der Waals surface area contributed by atoms with Gasteiger partial charge in [-0.3, -0.25) is 0 Å².